The summed E-state index contributed by atoms with van der Waals surface area (Å²) < 4.78 is 15.5. The van der Waals surface area contributed by atoms with E-state index in [-0.39, 0.29) is 11.5 Å². The summed E-state index contributed by atoms with van der Waals surface area (Å²) in [5.41, 5.74) is 1.76. The van der Waals surface area contributed by atoms with E-state index in [0.717, 1.165) is 5.75 Å². The second-order valence-electron chi connectivity index (χ2n) is 6.32. The van der Waals surface area contributed by atoms with Crippen molar-refractivity contribution in [3.05, 3.63) is 70.3 Å². The van der Waals surface area contributed by atoms with Crippen molar-refractivity contribution in [3.63, 3.8) is 0 Å². The molecule has 0 aliphatic carbocycles. The average Bonchev–Trinajstić information content (AvgIpc) is 2.66. The van der Waals surface area contributed by atoms with E-state index >= 15 is 0 Å². The molecule has 0 radical (unpaired) electrons. The van der Waals surface area contributed by atoms with Gasteiger partial charge in [-0.05, 0) is 40.8 Å². The normalized spacial score (nSPS) is 15.1. The summed E-state index contributed by atoms with van der Waals surface area (Å²) in [6.07, 6.45) is -0.767. The maximum absolute atomic E-state index is 14.0. The highest BCUT2D eigenvalue weighted by molar-refractivity contribution is 7.99. The lowest BCUT2D eigenvalue weighted by atomic mass is 10.0. The van der Waals surface area contributed by atoms with Gasteiger partial charge >= 0.3 is 11.3 Å². The highest BCUT2D eigenvalue weighted by atomic mass is 32.2. The number of rotatable bonds is 3. The molecule has 0 bridgehead atoms. The third-order valence-corrected chi connectivity index (χ3v) is 5.27. The van der Waals surface area contributed by atoms with Gasteiger partial charge in [0.15, 0.2) is 0 Å². The highest BCUT2D eigenvalue weighted by Crippen LogP contribution is 2.37. The zero-order valence-corrected chi connectivity index (χ0v) is 16.2. The van der Waals surface area contributed by atoms with Gasteiger partial charge in [-0.25, -0.2) is 9.29 Å². The Labute approximate surface area is 165 Å². The van der Waals surface area contributed by atoms with Gasteiger partial charge in [0, 0.05) is 17.6 Å². The third kappa shape index (κ3) is 2.99. The van der Waals surface area contributed by atoms with Crippen LogP contribution in [0.15, 0.2) is 58.5 Å². The van der Waals surface area contributed by atoms with Crippen LogP contribution >= 0.6 is 11.8 Å². The Balaban J connectivity index is 2.07. The molecule has 0 unspecified atom stereocenters. The molecule has 0 spiro atoms. The first-order valence-electron chi connectivity index (χ1n) is 8.85. The number of hydrogen-bond acceptors (Lipinski definition) is 4. The van der Waals surface area contributed by atoms with Gasteiger partial charge in [-0.3, -0.25) is 14.6 Å². The topological polar surface area (TPSA) is 69.9 Å². The summed E-state index contributed by atoms with van der Waals surface area (Å²) in [6.45, 7) is 3.40. The number of thioether (sulfide) groups is 1. The zero-order chi connectivity index (χ0) is 19.8. The van der Waals surface area contributed by atoms with Crippen molar-refractivity contribution in [2.75, 3.05) is 10.7 Å². The number of aromatic amines is 1. The van der Waals surface area contributed by atoms with Crippen molar-refractivity contribution in [2.45, 2.75) is 25.2 Å². The lowest BCUT2D eigenvalue weighted by Gasteiger charge is -2.31. The number of aromatic nitrogens is 3. The summed E-state index contributed by atoms with van der Waals surface area (Å²) in [4.78, 5) is 29.9. The van der Waals surface area contributed by atoms with Gasteiger partial charge in [-0.15, -0.1) is 0 Å². The zero-order valence-electron chi connectivity index (χ0n) is 15.3. The lowest BCUT2D eigenvalue weighted by molar-refractivity contribution is -0.763. The number of H-pyrrole nitrogens is 1. The molecule has 1 atom stereocenters. The Morgan fingerprint density at radius 3 is 2.79 bits per heavy atom. The second-order valence-corrected chi connectivity index (χ2v) is 7.57. The monoisotopic (exact) mass is 397 g/mol. The number of nitrogens with one attached hydrogen (secondary N) is 1. The number of halogens is 1. The minimum atomic E-state index is -0.767. The average molecular weight is 397 g/mol. The van der Waals surface area contributed by atoms with Gasteiger partial charge in [0.25, 0.3) is 6.17 Å². The molecule has 1 aromatic heterocycles. The van der Waals surface area contributed by atoms with Crippen LogP contribution in [0.1, 0.15) is 25.6 Å². The molecular formula is C20H18FN4O2S+. The highest BCUT2D eigenvalue weighted by Gasteiger charge is 2.44. The summed E-state index contributed by atoms with van der Waals surface area (Å²) >= 11 is 1.39. The van der Waals surface area contributed by atoms with E-state index in [4.69, 9.17) is 0 Å². The predicted octanol–water partition coefficient (Wildman–Crippen LogP) is 2.89. The van der Waals surface area contributed by atoms with Gasteiger partial charge in [0.05, 0.1) is 11.3 Å². The standard InChI is InChI=1S/C20H17FN4O2S/c1-3-28-20-22-18(27)17-15-9-4-5-10-16(15)24(12(2)26)19(25(17)23-20)13-7-6-8-14(21)11-13/h4-11,19H,3H2,1-2H3/p+1/t19-/m1/s1. The Hall–Kier alpha value is -3.00. The first-order chi connectivity index (χ1) is 13.5. The molecule has 6 nitrogen and oxygen atoms in total. The van der Waals surface area contributed by atoms with E-state index in [9.17, 15) is 14.0 Å². The lowest BCUT2D eigenvalue weighted by Crippen LogP contribution is -2.60. The van der Waals surface area contributed by atoms with Gasteiger partial charge in [-0.1, -0.05) is 36.9 Å². The summed E-state index contributed by atoms with van der Waals surface area (Å²) in [6, 6.07) is 13.2. The quantitative estimate of drug-likeness (QED) is 0.545. The second kappa shape index (κ2) is 7.20. The molecule has 28 heavy (non-hydrogen) atoms. The van der Waals surface area contributed by atoms with Crippen LogP contribution in [0.3, 0.4) is 0 Å². The van der Waals surface area contributed by atoms with E-state index < -0.39 is 12.0 Å². The fourth-order valence-electron chi connectivity index (χ4n) is 3.48. The molecule has 1 amide bonds. The van der Waals surface area contributed by atoms with Crippen LogP contribution in [0, 0.1) is 5.82 Å². The van der Waals surface area contributed by atoms with E-state index in [1.165, 1.54) is 35.5 Å². The minimum Gasteiger partial charge on any atom is -0.291 e. The number of carbonyl (C=O) groups excluding carboxylic acids is 1. The number of carbonyl (C=O) groups is 1. The number of hydrogen-bond donors (Lipinski definition) is 1. The van der Waals surface area contributed by atoms with Gasteiger partial charge in [-0.2, -0.15) is 0 Å². The molecule has 1 aliphatic rings. The molecule has 0 fully saturated rings. The predicted molar refractivity (Wildman–Crippen MR) is 105 cm³/mol. The Morgan fingerprint density at radius 2 is 2.07 bits per heavy atom. The van der Waals surface area contributed by atoms with E-state index in [1.807, 2.05) is 6.92 Å². The van der Waals surface area contributed by atoms with Crippen LogP contribution in [-0.2, 0) is 4.79 Å². The molecule has 1 N–H and O–H groups in total. The number of nitrogens with zero attached hydrogens (tertiary/aromatic N) is 3. The van der Waals surface area contributed by atoms with Crippen molar-refractivity contribution < 1.29 is 13.9 Å². The summed E-state index contributed by atoms with van der Waals surface area (Å²) in [5, 5.41) is 5.04. The van der Waals surface area contributed by atoms with Crippen LogP contribution in [0.4, 0.5) is 10.1 Å². The fraction of sp³-hybridized carbons (Fsp3) is 0.200. The van der Waals surface area contributed by atoms with E-state index in [1.54, 1.807) is 41.3 Å². The summed E-state index contributed by atoms with van der Waals surface area (Å²) in [5.74, 6) is 0.0709. The Morgan fingerprint density at radius 1 is 1.29 bits per heavy atom. The molecule has 142 valence electrons. The molecule has 1 aliphatic heterocycles. The number of para-hydroxylation sites is 1. The first-order valence-corrected chi connectivity index (χ1v) is 9.83. The molecule has 0 saturated carbocycles. The molecular weight excluding hydrogens is 379 g/mol. The molecule has 0 saturated heterocycles. The Kier molecular flexibility index (Phi) is 4.72. The smallest absolute Gasteiger partial charge is 0.291 e. The van der Waals surface area contributed by atoms with E-state index in [2.05, 4.69) is 10.1 Å². The van der Waals surface area contributed by atoms with Crippen LogP contribution in [0.2, 0.25) is 0 Å². The van der Waals surface area contributed by atoms with Crippen LogP contribution in [0.25, 0.3) is 11.3 Å². The Bertz CT molecular complexity index is 1130. The maximum atomic E-state index is 14.0. The largest absolute Gasteiger partial charge is 0.325 e. The van der Waals surface area contributed by atoms with Crippen LogP contribution in [0.5, 0.6) is 0 Å². The van der Waals surface area contributed by atoms with Gasteiger partial charge in [0.2, 0.25) is 11.1 Å². The van der Waals surface area contributed by atoms with Gasteiger partial charge < -0.3 is 0 Å². The number of anilines is 1. The third-order valence-electron chi connectivity index (χ3n) is 4.53. The number of amides is 1. The molecule has 2 aromatic carbocycles. The van der Waals surface area contributed by atoms with Crippen LogP contribution < -0.4 is 15.1 Å². The van der Waals surface area contributed by atoms with Crippen molar-refractivity contribution in [1.82, 2.24) is 10.1 Å². The van der Waals surface area contributed by atoms with Crippen molar-refractivity contribution in [3.8, 4) is 11.3 Å². The molecule has 2 heterocycles. The number of fused-ring (bicyclic) bond motifs is 3. The fourth-order valence-corrected chi connectivity index (χ4v) is 4.07. The van der Waals surface area contributed by atoms with Crippen molar-refractivity contribution in [2.24, 2.45) is 0 Å². The summed E-state index contributed by atoms with van der Waals surface area (Å²) in [7, 11) is 0. The molecule has 4 rings (SSSR count). The van der Waals surface area contributed by atoms with Crippen LogP contribution in [-0.4, -0.2) is 21.7 Å². The maximum Gasteiger partial charge on any atom is 0.325 e. The minimum absolute atomic E-state index is 0.230. The molecule has 3 aromatic rings. The van der Waals surface area contributed by atoms with Gasteiger partial charge in [0.1, 0.15) is 5.82 Å². The van der Waals surface area contributed by atoms with Crippen molar-refractivity contribution in [1.29, 1.82) is 0 Å². The van der Waals surface area contributed by atoms with Crippen molar-refractivity contribution >= 4 is 23.4 Å². The SMILES string of the molecule is CCSc1n[n+]2c(c(=O)[nH]1)-c1ccccc1N(C(C)=O)[C@H]2c1cccc(F)c1. The first kappa shape index (κ1) is 18.4. The molecule has 8 heteroatoms. The van der Waals surface area contributed by atoms with E-state index in [0.29, 0.717) is 27.7 Å². The number of benzene rings is 2.